The molecule has 1 aromatic heterocycles. The third-order valence-electron chi connectivity index (χ3n) is 4.14. The smallest absolute Gasteiger partial charge is 0.444 e. The number of fused-ring (bicyclic) bond motifs is 3. The summed E-state index contributed by atoms with van der Waals surface area (Å²) in [5.41, 5.74) is -4.44. The molecule has 0 aromatic carbocycles. The van der Waals surface area contributed by atoms with E-state index in [-0.39, 0.29) is 25.1 Å². The molecule has 0 bridgehead atoms. The molecule has 0 saturated carbocycles. The maximum absolute atomic E-state index is 13.8. The lowest BCUT2D eigenvalue weighted by Gasteiger charge is -2.30. The van der Waals surface area contributed by atoms with Crippen LogP contribution in [0.15, 0.2) is 10.5 Å². The molecule has 7 nitrogen and oxygen atoms in total. The third-order valence-corrected chi connectivity index (χ3v) is 4.14. The molecule has 130 valence electrons. The van der Waals surface area contributed by atoms with E-state index in [9.17, 15) is 27.6 Å². The van der Waals surface area contributed by atoms with E-state index in [4.69, 9.17) is 4.42 Å². The molecule has 1 saturated heterocycles. The number of rotatable bonds is 2. The minimum Gasteiger partial charge on any atom is -0.466 e. The van der Waals surface area contributed by atoms with E-state index in [1.54, 1.807) is 0 Å². The van der Waals surface area contributed by atoms with Gasteiger partial charge in [-0.25, -0.2) is 9.59 Å². The number of methoxy groups -OCH3 is 1. The number of nitrogens with zero attached hydrogens (tertiary/aromatic N) is 1. The van der Waals surface area contributed by atoms with Crippen LogP contribution in [0.1, 0.15) is 29.0 Å². The molecular formula is C14H12F3NO6. The fraction of sp³-hybridized carbons (Fsp3) is 0.500. The number of carbonyl (C=O) groups is 3. The highest BCUT2D eigenvalue weighted by atomic mass is 19.4. The normalized spacial score (nSPS) is 26.2. The Morgan fingerprint density at radius 3 is 2.79 bits per heavy atom. The van der Waals surface area contributed by atoms with Gasteiger partial charge in [-0.15, -0.1) is 0 Å². The number of cyclic esters (lactones) is 1. The van der Waals surface area contributed by atoms with Crippen LogP contribution in [0.25, 0.3) is 0 Å². The van der Waals surface area contributed by atoms with Gasteiger partial charge in [0, 0.05) is 6.54 Å². The van der Waals surface area contributed by atoms with Crippen molar-refractivity contribution in [2.24, 2.45) is 0 Å². The van der Waals surface area contributed by atoms with Gasteiger partial charge in [0.05, 0.1) is 12.7 Å². The number of aldehydes is 1. The molecule has 0 amide bonds. The van der Waals surface area contributed by atoms with Gasteiger partial charge in [0.1, 0.15) is 6.04 Å². The highest BCUT2D eigenvalue weighted by molar-refractivity contribution is 5.93. The fourth-order valence-corrected chi connectivity index (χ4v) is 3.07. The van der Waals surface area contributed by atoms with Gasteiger partial charge in [0.25, 0.3) is 0 Å². The van der Waals surface area contributed by atoms with Gasteiger partial charge >= 0.3 is 23.7 Å². The molecule has 3 heterocycles. The molecule has 0 spiro atoms. The van der Waals surface area contributed by atoms with Crippen LogP contribution in [0, 0.1) is 0 Å². The molecule has 24 heavy (non-hydrogen) atoms. The van der Waals surface area contributed by atoms with E-state index in [1.165, 1.54) is 4.90 Å². The van der Waals surface area contributed by atoms with Crippen LogP contribution in [0.4, 0.5) is 19.1 Å². The number of furan rings is 1. The molecule has 2 aliphatic rings. The number of esters is 2. The first kappa shape index (κ1) is 16.3. The molecule has 0 N–H and O–H groups in total. The quantitative estimate of drug-likeness (QED) is 0.593. The summed E-state index contributed by atoms with van der Waals surface area (Å²) < 4.78 is 55.6. The van der Waals surface area contributed by atoms with Crippen molar-refractivity contribution in [1.29, 1.82) is 0 Å². The van der Waals surface area contributed by atoms with Crippen LogP contribution < -0.4 is 4.90 Å². The van der Waals surface area contributed by atoms with Crippen LogP contribution in [0.3, 0.4) is 0 Å². The second-order valence-electron chi connectivity index (χ2n) is 5.43. The number of anilines is 1. The molecule has 0 aliphatic carbocycles. The minimum atomic E-state index is -5.31. The Morgan fingerprint density at radius 1 is 1.50 bits per heavy atom. The van der Waals surface area contributed by atoms with Crippen molar-refractivity contribution in [3.63, 3.8) is 0 Å². The molecule has 1 unspecified atom stereocenters. The monoisotopic (exact) mass is 347 g/mol. The van der Waals surface area contributed by atoms with Crippen molar-refractivity contribution in [1.82, 2.24) is 0 Å². The zero-order valence-electron chi connectivity index (χ0n) is 12.4. The molecule has 0 radical (unpaired) electrons. The summed E-state index contributed by atoms with van der Waals surface area (Å²) in [6, 6.07) is -0.274. The summed E-state index contributed by atoms with van der Waals surface area (Å²) in [6.07, 6.45) is -4.34. The lowest BCUT2D eigenvalue weighted by atomic mass is 9.94. The second kappa shape index (κ2) is 5.25. The Balaban J connectivity index is 2.32. The number of hydrogen-bond acceptors (Lipinski definition) is 7. The van der Waals surface area contributed by atoms with Gasteiger partial charge in [-0.2, -0.15) is 13.2 Å². The summed E-state index contributed by atoms with van der Waals surface area (Å²) in [5.74, 6) is -3.81. The van der Waals surface area contributed by atoms with Crippen LogP contribution in [0.5, 0.6) is 0 Å². The molecule has 2 atom stereocenters. The van der Waals surface area contributed by atoms with Crippen LogP contribution in [0.2, 0.25) is 0 Å². The van der Waals surface area contributed by atoms with E-state index < -0.39 is 41.1 Å². The topological polar surface area (TPSA) is 86.1 Å². The summed E-state index contributed by atoms with van der Waals surface area (Å²) in [7, 11) is 0.746. The number of halogens is 3. The minimum absolute atomic E-state index is 0.208. The Bertz CT molecular complexity index is 712. The lowest BCUT2D eigenvalue weighted by Crippen LogP contribution is -2.53. The van der Waals surface area contributed by atoms with Crippen LogP contribution >= 0.6 is 0 Å². The summed E-state index contributed by atoms with van der Waals surface area (Å²) in [6.45, 7) is 0.230. The maximum atomic E-state index is 13.8. The first-order valence-corrected chi connectivity index (χ1v) is 7.00. The Labute approximate surface area is 133 Å². The first-order valence-electron chi connectivity index (χ1n) is 7.00. The summed E-state index contributed by atoms with van der Waals surface area (Å²) in [5, 5.41) is 0. The van der Waals surface area contributed by atoms with Gasteiger partial charge in [-0.3, -0.25) is 4.79 Å². The van der Waals surface area contributed by atoms with Gasteiger partial charge in [0.2, 0.25) is 5.88 Å². The fourth-order valence-electron chi connectivity index (χ4n) is 3.07. The van der Waals surface area contributed by atoms with Crippen molar-refractivity contribution in [2.75, 3.05) is 18.6 Å². The highest BCUT2D eigenvalue weighted by Crippen LogP contribution is 2.51. The standard InChI is InChI=1S/C14H12F3NO6/c1-22-12(21)13(14(15,16)17)8-5-7(6-19)23-10(8)18-4-2-3-9(18)11(20)24-13/h5-6,9H,2-4H2,1H3/t9-,13?/m0/s1. The molecular weight excluding hydrogens is 335 g/mol. The van der Waals surface area contributed by atoms with Crippen molar-refractivity contribution in [2.45, 2.75) is 30.7 Å². The number of carbonyl (C=O) groups excluding carboxylic acids is 3. The molecule has 10 heteroatoms. The number of alkyl halides is 3. The molecule has 1 aromatic rings. The molecule has 1 fully saturated rings. The van der Waals surface area contributed by atoms with E-state index in [1.807, 2.05) is 0 Å². The maximum Gasteiger partial charge on any atom is 0.444 e. The predicted molar refractivity (Wildman–Crippen MR) is 70.3 cm³/mol. The van der Waals surface area contributed by atoms with Crippen LogP contribution in [-0.2, 0) is 24.7 Å². The number of ether oxygens (including phenoxy) is 2. The van der Waals surface area contributed by atoms with Gasteiger partial charge in [0.15, 0.2) is 12.0 Å². The predicted octanol–water partition coefficient (Wildman–Crippen LogP) is 1.55. The second-order valence-corrected chi connectivity index (χ2v) is 5.43. The first-order chi connectivity index (χ1) is 11.3. The summed E-state index contributed by atoms with van der Waals surface area (Å²) >= 11 is 0. The van der Waals surface area contributed by atoms with Gasteiger partial charge in [-0.05, 0) is 18.9 Å². The van der Waals surface area contributed by atoms with Crippen molar-refractivity contribution >= 4 is 24.1 Å². The Kier molecular flexibility index (Phi) is 3.57. The summed E-state index contributed by atoms with van der Waals surface area (Å²) in [4.78, 5) is 36.5. The average molecular weight is 347 g/mol. The lowest BCUT2D eigenvalue weighted by molar-refractivity contribution is -0.274. The molecule has 2 aliphatic heterocycles. The van der Waals surface area contributed by atoms with Crippen molar-refractivity contribution in [3.05, 3.63) is 17.4 Å². The zero-order chi connectivity index (χ0) is 17.7. The number of hydrogen-bond donors (Lipinski definition) is 0. The van der Waals surface area contributed by atoms with Crippen LogP contribution in [-0.4, -0.2) is 44.1 Å². The van der Waals surface area contributed by atoms with E-state index in [0.29, 0.717) is 6.42 Å². The third kappa shape index (κ3) is 2.01. The average Bonchev–Trinajstić information content (AvgIpc) is 3.14. The SMILES string of the molecule is COC(=O)C1(C(F)(F)F)OC(=O)[C@@H]2CCCN2c2oc(C=O)cc21. The van der Waals surface area contributed by atoms with E-state index in [2.05, 4.69) is 9.47 Å². The highest BCUT2D eigenvalue weighted by Gasteiger charge is 2.70. The van der Waals surface area contributed by atoms with Crippen molar-refractivity contribution < 1.29 is 41.4 Å². The Morgan fingerprint density at radius 2 is 2.21 bits per heavy atom. The Hall–Kier alpha value is -2.52. The van der Waals surface area contributed by atoms with Gasteiger partial charge < -0.3 is 18.8 Å². The largest absolute Gasteiger partial charge is 0.466 e. The van der Waals surface area contributed by atoms with E-state index >= 15 is 0 Å². The van der Waals surface area contributed by atoms with E-state index in [0.717, 1.165) is 13.2 Å². The zero-order valence-corrected chi connectivity index (χ0v) is 12.4. The van der Waals surface area contributed by atoms with Gasteiger partial charge in [-0.1, -0.05) is 0 Å². The van der Waals surface area contributed by atoms with Crippen molar-refractivity contribution in [3.8, 4) is 0 Å². The molecule has 3 rings (SSSR count).